The number of halogens is 1. The Balaban J connectivity index is 2.31. The summed E-state index contributed by atoms with van der Waals surface area (Å²) in [7, 11) is 0. The summed E-state index contributed by atoms with van der Waals surface area (Å²) >= 11 is 6.42. The van der Waals surface area contributed by atoms with Crippen molar-refractivity contribution in [3.8, 4) is 0 Å². The zero-order chi connectivity index (χ0) is 14.5. The predicted molar refractivity (Wildman–Crippen MR) is 84.3 cm³/mol. The minimum absolute atomic E-state index is 0.0490. The van der Waals surface area contributed by atoms with Gasteiger partial charge in [-0.05, 0) is 38.8 Å². The van der Waals surface area contributed by atoms with Gasteiger partial charge in [-0.3, -0.25) is 0 Å². The second-order valence-electron chi connectivity index (χ2n) is 6.42. The average molecular weight is 292 g/mol. The molecule has 2 unspecified atom stereocenters. The summed E-state index contributed by atoms with van der Waals surface area (Å²) in [6.45, 7) is 6.61. The average Bonchev–Trinajstić information content (AvgIpc) is 2.93. The van der Waals surface area contributed by atoms with Gasteiger partial charge >= 0.3 is 0 Å². The molecule has 0 bridgehead atoms. The Labute approximate surface area is 125 Å². The van der Waals surface area contributed by atoms with Gasteiger partial charge in [0.25, 0.3) is 0 Å². The summed E-state index contributed by atoms with van der Waals surface area (Å²) in [4.78, 5) is 4.90. The number of hydrogen-bond acceptors (Lipinski definition) is 2. The first-order chi connectivity index (χ1) is 9.45. The fourth-order valence-electron chi connectivity index (χ4n) is 3.48. The van der Waals surface area contributed by atoms with Crippen molar-refractivity contribution in [1.82, 2.24) is 9.55 Å². The highest BCUT2D eigenvalue weighted by molar-refractivity contribution is 6.35. The fourth-order valence-corrected chi connectivity index (χ4v) is 3.74. The van der Waals surface area contributed by atoms with Crippen LogP contribution in [0, 0.1) is 0 Å². The molecule has 20 heavy (non-hydrogen) atoms. The molecule has 2 N–H and O–H groups in total. The van der Waals surface area contributed by atoms with Crippen LogP contribution in [0.5, 0.6) is 0 Å². The molecule has 1 fully saturated rings. The Kier molecular flexibility index (Phi) is 3.30. The summed E-state index contributed by atoms with van der Waals surface area (Å²) in [5.41, 5.74) is 8.35. The molecular formula is C16H22ClN3. The van der Waals surface area contributed by atoms with Gasteiger partial charge in [0.2, 0.25) is 0 Å². The normalized spacial score (nSPS) is 26.8. The molecule has 1 heterocycles. The Morgan fingerprint density at radius 1 is 1.45 bits per heavy atom. The van der Waals surface area contributed by atoms with E-state index in [0.717, 1.165) is 34.7 Å². The van der Waals surface area contributed by atoms with Gasteiger partial charge < -0.3 is 10.3 Å². The number of para-hydroxylation sites is 1. The van der Waals surface area contributed by atoms with Crippen molar-refractivity contribution in [2.45, 2.75) is 57.5 Å². The van der Waals surface area contributed by atoms with Crippen molar-refractivity contribution in [3.05, 3.63) is 29.0 Å². The van der Waals surface area contributed by atoms with Crippen LogP contribution in [0.1, 0.15) is 51.9 Å². The minimum atomic E-state index is -0.0490. The van der Waals surface area contributed by atoms with E-state index in [1.165, 1.54) is 6.42 Å². The van der Waals surface area contributed by atoms with Crippen LogP contribution in [0.15, 0.2) is 18.2 Å². The van der Waals surface area contributed by atoms with E-state index in [4.69, 9.17) is 22.3 Å². The van der Waals surface area contributed by atoms with Gasteiger partial charge in [-0.25, -0.2) is 4.98 Å². The molecule has 1 aliphatic rings. The van der Waals surface area contributed by atoms with E-state index in [1.54, 1.807) is 0 Å². The van der Waals surface area contributed by atoms with Crippen molar-refractivity contribution in [3.63, 3.8) is 0 Å². The quantitative estimate of drug-likeness (QED) is 0.907. The third-order valence-corrected chi connectivity index (χ3v) is 5.02. The predicted octanol–water partition coefficient (Wildman–Crippen LogP) is 4.04. The number of benzene rings is 1. The summed E-state index contributed by atoms with van der Waals surface area (Å²) in [5, 5.41) is 0.769. The maximum atomic E-state index is 6.42. The summed E-state index contributed by atoms with van der Waals surface area (Å²) in [5.74, 6) is 1.10. The van der Waals surface area contributed by atoms with E-state index < -0.39 is 0 Å². The smallest absolute Gasteiger partial charge is 0.117 e. The van der Waals surface area contributed by atoms with Gasteiger partial charge in [-0.2, -0.15) is 0 Å². The minimum Gasteiger partial charge on any atom is -0.327 e. The Morgan fingerprint density at radius 3 is 2.80 bits per heavy atom. The third kappa shape index (κ3) is 1.87. The van der Waals surface area contributed by atoms with Crippen LogP contribution in [0.4, 0.5) is 0 Å². The lowest BCUT2D eigenvalue weighted by atomic mass is 9.84. The number of imidazole rings is 1. The van der Waals surface area contributed by atoms with Crippen molar-refractivity contribution >= 4 is 22.6 Å². The van der Waals surface area contributed by atoms with Gasteiger partial charge in [-0.1, -0.05) is 31.0 Å². The van der Waals surface area contributed by atoms with Gasteiger partial charge in [-0.15, -0.1) is 0 Å². The number of hydrogen-bond donors (Lipinski definition) is 1. The first-order valence-electron chi connectivity index (χ1n) is 7.37. The van der Waals surface area contributed by atoms with Crippen LogP contribution >= 0.6 is 11.6 Å². The number of nitrogens with zero attached hydrogens (tertiary/aromatic N) is 2. The van der Waals surface area contributed by atoms with E-state index >= 15 is 0 Å². The number of aromatic nitrogens is 2. The molecule has 3 nitrogen and oxygen atoms in total. The third-order valence-electron chi connectivity index (χ3n) is 4.72. The van der Waals surface area contributed by atoms with Gasteiger partial charge in [0.05, 0.1) is 16.1 Å². The largest absolute Gasteiger partial charge is 0.327 e. The van der Waals surface area contributed by atoms with Crippen LogP contribution in [-0.4, -0.2) is 15.6 Å². The molecule has 1 saturated carbocycles. The highest BCUT2D eigenvalue weighted by atomic mass is 35.5. The molecular weight excluding hydrogens is 270 g/mol. The van der Waals surface area contributed by atoms with E-state index in [0.29, 0.717) is 6.04 Å². The number of fused-ring (bicyclic) bond motifs is 1. The van der Waals surface area contributed by atoms with Crippen molar-refractivity contribution in [2.75, 3.05) is 0 Å². The second-order valence-corrected chi connectivity index (χ2v) is 6.83. The van der Waals surface area contributed by atoms with Crippen LogP contribution < -0.4 is 5.73 Å². The number of nitrogens with two attached hydrogens (primary N) is 1. The first-order valence-corrected chi connectivity index (χ1v) is 7.75. The maximum absolute atomic E-state index is 6.42. The van der Waals surface area contributed by atoms with Gasteiger partial charge in [0.15, 0.2) is 0 Å². The fraction of sp³-hybridized carbons (Fsp3) is 0.562. The zero-order valence-electron chi connectivity index (χ0n) is 12.4. The zero-order valence-corrected chi connectivity index (χ0v) is 13.1. The lowest BCUT2D eigenvalue weighted by Gasteiger charge is -2.30. The monoisotopic (exact) mass is 291 g/mol. The first kappa shape index (κ1) is 13.9. The van der Waals surface area contributed by atoms with Crippen molar-refractivity contribution in [1.29, 1.82) is 0 Å². The highest BCUT2D eigenvalue weighted by Crippen LogP contribution is 2.42. The molecule has 0 amide bonds. The standard InChI is InChI=1S/C16H22ClN3/c1-10(2)20-14-11(17)6-4-7-12(14)19-15(20)16(3)9-5-8-13(16)18/h4,6-7,10,13H,5,8-9,18H2,1-3H3. The van der Waals surface area contributed by atoms with E-state index in [1.807, 2.05) is 18.2 Å². The molecule has 108 valence electrons. The Morgan fingerprint density at radius 2 is 2.20 bits per heavy atom. The molecule has 0 spiro atoms. The van der Waals surface area contributed by atoms with Gasteiger partial charge in [0, 0.05) is 17.5 Å². The summed E-state index contributed by atoms with van der Waals surface area (Å²) in [6.07, 6.45) is 3.35. The Hall–Kier alpha value is -1.06. The lowest BCUT2D eigenvalue weighted by molar-refractivity contribution is 0.378. The molecule has 0 aliphatic heterocycles. The molecule has 0 radical (unpaired) electrons. The SMILES string of the molecule is CC(C)n1c(C2(C)CCCC2N)nc2cccc(Cl)c21. The van der Waals surface area contributed by atoms with Crippen LogP contribution in [0.2, 0.25) is 5.02 Å². The maximum Gasteiger partial charge on any atom is 0.117 e. The van der Waals surface area contributed by atoms with Gasteiger partial charge in [0.1, 0.15) is 5.82 Å². The molecule has 0 saturated heterocycles. The highest BCUT2D eigenvalue weighted by Gasteiger charge is 2.42. The molecule has 3 rings (SSSR count). The Bertz CT molecular complexity index is 646. The molecule has 2 atom stereocenters. The van der Waals surface area contributed by atoms with Crippen molar-refractivity contribution < 1.29 is 0 Å². The van der Waals surface area contributed by atoms with Crippen LogP contribution in [-0.2, 0) is 5.41 Å². The topological polar surface area (TPSA) is 43.8 Å². The molecule has 2 aromatic rings. The summed E-state index contributed by atoms with van der Waals surface area (Å²) < 4.78 is 2.28. The molecule has 4 heteroatoms. The lowest BCUT2D eigenvalue weighted by Crippen LogP contribution is -2.40. The van der Waals surface area contributed by atoms with E-state index in [9.17, 15) is 0 Å². The van der Waals surface area contributed by atoms with E-state index in [-0.39, 0.29) is 11.5 Å². The van der Waals surface area contributed by atoms with Crippen molar-refractivity contribution in [2.24, 2.45) is 5.73 Å². The van der Waals surface area contributed by atoms with E-state index in [2.05, 4.69) is 25.3 Å². The number of rotatable bonds is 2. The summed E-state index contributed by atoms with van der Waals surface area (Å²) in [6, 6.07) is 6.43. The van der Waals surface area contributed by atoms with Crippen LogP contribution in [0.3, 0.4) is 0 Å². The molecule has 1 aliphatic carbocycles. The van der Waals surface area contributed by atoms with Crippen LogP contribution in [0.25, 0.3) is 11.0 Å². The molecule has 1 aromatic carbocycles. The molecule has 1 aromatic heterocycles. The second kappa shape index (κ2) is 4.74.